The van der Waals surface area contributed by atoms with E-state index in [1.165, 1.54) is 29.2 Å². The van der Waals surface area contributed by atoms with Crippen molar-refractivity contribution < 1.29 is 13.6 Å². The molecule has 0 unspecified atom stereocenters. The van der Waals surface area contributed by atoms with Crippen LogP contribution in [0.15, 0.2) is 93.7 Å². The average molecular weight is 528 g/mol. The van der Waals surface area contributed by atoms with Gasteiger partial charge < -0.3 is 9.73 Å². The average Bonchev–Trinajstić information content (AvgIpc) is 3.54. The van der Waals surface area contributed by atoms with E-state index in [9.17, 15) is 14.4 Å². The van der Waals surface area contributed by atoms with E-state index in [0.717, 1.165) is 11.1 Å². The lowest BCUT2D eigenvalue weighted by Gasteiger charge is -2.03. The second-order valence-corrected chi connectivity index (χ2v) is 9.87. The summed E-state index contributed by atoms with van der Waals surface area (Å²) < 4.78 is 20.4. The predicted molar refractivity (Wildman–Crippen MR) is 143 cm³/mol. The van der Waals surface area contributed by atoms with E-state index < -0.39 is 5.82 Å². The van der Waals surface area contributed by atoms with Crippen molar-refractivity contribution in [3.63, 3.8) is 0 Å². The summed E-state index contributed by atoms with van der Waals surface area (Å²) >= 11 is 2.38. The number of carbonyl (C=O) groups is 1. The van der Waals surface area contributed by atoms with Crippen LogP contribution in [0.3, 0.4) is 0 Å². The van der Waals surface area contributed by atoms with Gasteiger partial charge in [0.25, 0.3) is 0 Å². The van der Waals surface area contributed by atoms with Crippen molar-refractivity contribution in [1.29, 1.82) is 5.26 Å². The van der Waals surface area contributed by atoms with E-state index in [0.29, 0.717) is 26.5 Å². The number of aromatic nitrogens is 2. The molecule has 10 heteroatoms. The first-order chi connectivity index (χ1) is 18.1. The summed E-state index contributed by atoms with van der Waals surface area (Å²) in [5.41, 5.74) is 2.75. The Labute approximate surface area is 220 Å². The van der Waals surface area contributed by atoms with Gasteiger partial charge in [-0.15, -0.1) is 10.2 Å². The third-order valence-electron chi connectivity index (χ3n) is 5.22. The first-order valence-electron chi connectivity index (χ1n) is 11.1. The highest BCUT2D eigenvalue weighted by Gasteiger charge is 2.24. The number of halogens is 1. The van der Waals surface area contributed by atoms with Crippen molar-refractivity contribution in [1.82, 2.24) is 10.2 Å². The maximum atomic E-state index is 13.9. The lowest BCUT2D eigenvalue weighted by molar-refractivity contribution is -0.113. The minimum absolute atomic E-state index is 0.0151. The molecule has 2 heterocycles. The van der Waals surface area contributed by atoms with E-state index >= 15 is 0 Å². The number of hydrogen-bond donors (Lipinski definition) is 2. The molecule has 7 nitrogen and oxygen atoms in total. The van der Waals surface area contributed by atoms with Gasteiger partial charge in [-0.1, -0.05) is 95.9 Å². The molecule has 0 bridgehead atoms. The summed E-state index contributed by atoms with van der Waals surface area (Å²) in [5.74, 6) is -0.165. The van der Waals surface area contributed by atoms with E-state index in [4.69, 9.17) is 4.42 Å². The number of furan rings is 1. The molecule has 0 aliphatic heterocycles. The molecule has 0 atom stereocenters. The Morgan fingerprint density at radius 2 is 1.65 bits per heavy atom. The molecule has 0 fully saturated rings. The molecule has 5 aromatic rings. The van der Waals surface area contributed by atoms with Crippen LogP contribution in [-0.4, -0.2) is 21.9 Å². The van der Waals surface area contributed by atoms with Crippen LogP contribution < -0.4 is 10.6 Å². The topological polar surface area (TPSA) is 104 Å². The molecule has 37 heavy (non-hydrogen) atoms. The SMILES string of the molecule is N#Cc1c(NC(=O)CSc2nnc(Nc3ccccc3F)s2)oc(-c2ccccc2)c1-c1ccccc1. The monoisotopic (exact) mass is 527 g/mol. The number of nitrogens with zero attached hydrogens (tertiary/aromatic N) is 3. The number of amides is 1. The Bertz CT molecular complexity index is 1580. The smallest absolute Gasteiger partial charge is 0.237 e. The number of carbonyl (C=O) groups excluding carboxylic acids is 1. The number of para-hydroxylation sites is 1. The van der Waals surface area contributed by atoms with Gasteiger partial charge in [0.05, 0.1) is 11.4 Å². The fourth-order valence-electron chi connectivity index (χ4n) is 3.59. The van der Waals surface area contributed by atoms with Crippen molar-refractivity contribution in [3.8, 4) is 28.5 Å². The molecule has 1 amide bonds. The van der Waals surface area contributed by atoms with E-state index in [-0.39, 0.29) is 23.1 Å². The molecule has 2 aromatic heterocycles. The molecule has 3 aromatic carbocycles. The van der Waals surface area contributed by atoms with Crippen molar-refractivity contribution in [2.24, 2.45) is 0 Å². The van der Waals surface area contributed by atoms with Gasteiger partial charge in [0.15, 0.2) is 4.34 Å². The second kappa shape index (κ2) is 11.1. The van der Waals surface area contributed by atoms with Gasteiger partial charge in [-0.2, -0.15) is 5.26 Å². The molecule has 0 saturated heterocycles. The Morgan fingerprint density at radius 3 is 2.35 bits per heavy atom. The fourth-order valence-corrected chi connectivity index (χ4v) is 5.15. The molecule has 0 spiro atoms. The molecule has 182 valence electrons. The summed E-state index contributed by atoms with van der Waals surface area (Å²) in [6.45, 7) is 0. The predicted octanol–water partition coefficient (Wildman–Crippen LogP) is 6.95. The lowest BCUT2D eigenvalue weighted by atomic mass is 9.98. The number of rotatable bonds is 8. The number of benzene rings is 3. The first-order valence-corrected chi connectivity index (χ1v) is 12.9. The summed E-state index contributed by atoms with van der Waals surface area (Å²) in [4.78, 5) is 12.8. The first kappa shape index (κ1) is 24.2. The zero-order chi connectivity index (χ0) is 25.6. The standard InChI is InChI=1S/C27H18FN5O2S2/c28-20-13-7-8-14-21(20)30-26-32-33-27(37-26)36-16-22(34)31-25-19(15-29)23(17-9-3-1-4-10-17)24(35-25)18-11-5-2-6-12-18/h1-14H,16H2,(H,30,32)(H,31,34). The van der Waals surface area contributed by atoms with Crippen LogP contribution in [-0.2, 0) is 4.79 Å². The van der Waals surface area contributed by atoms with Crippen LogP contribution in [0.25, 0.3) is 22.5 Å². The fraction of sp³-hybridized carbons (Fsp3) is 0.0370. The highest BCUT2D eigenvalue weighted by Crippen LogP contribution is 2.41. The van der Waals surface area contributed by atoms with Crippen molar-refractivity contribution >= 4 is 45.7 Å². The molecular weight excluding hydrogens is 509 g/mol. The van der Waals surface area contributed by atoms with E-state index in [2.05, 4.69) is 26.9 Å². The normalized spacial score (nSPS) is 10.6. The Hall–Kier alpha value is -4.46. The minimum Gasteiger partial charge on any atom is -0.438 e. The second-order valence-electron chi connectivity index (χ2n) is 7.67. The van der Waals surface area contributed by atoms with Crippen LogP contribution >= 0.6 is 23.1 Å². The number of nitriles is 1. The zero-order valence-corrected chi connectivity index (χ0v) is 20.8. The zero-order valence-electron chi connectivity index (χ0n) is 19.1. The quantitative estimate of drug-likeness (QED) is 0.210. The third-order valence-corrected chi connectivity index (χ3v) is 7.19. The number of anilines is 3. The van der Waals surface area contributed by atoms with Crippen molar-refractivity contribution in [2.75, 3.05) is 16.4 Å². The van der Waals surface area contributed by atoms with Gasteiger partial charge in [-0.05, 0) is 17.7 Å². The molecule has 0 aliphatic rings. The van der Waals surface area contributed by atoms with Gasteiger partial charge >= 0.3 is 0 Å². The van der Waals surface area contributed by atoms with Crippen LogP contribution in [0.5, 0.6) is 0 Å². The van der Waals surface area contributed by atoms with Crippen LogP contribution in [0, 0.1) is 17.1 Å². The van der Waals surface area contributed by atoms with Gasteiger partial charge in [-0.3, -0.25) is 10.1 Å². The van der Waals surface area contributed by atoms with Crippen molar-refractivity contribution in [3.05, 3.63) is 96.3 Å². The van der Waals surface area contributed by atoms with Gasteiger partial charge in [0.1, 0.15) is 23.2 Å². The largest absolute Gasteiger partial charge is 0.438 e. The maximum absolute atomic E-state index is 13.9. The third kappa shape index (κ3) is 5.53. The van der Waals surface area contributed by atoms with Crippen LogP contribution in [0.2, 0.25) is 0 Å². The van der Waals surface area contributed by atoms with Gasteiger partial charge in [0, 0.05) is 11.1 Å². The van der Waals surface area contributed by atoms with Crippen molar-refractivity contribution in [2.45, 2.75) is 4.34 Å². The van der Waals surface area contributed by atoms with Crippen LogP contribution in [0.1, 0.15) is 5.56 Å². The van der Waals surface area contributed by atoms with Gasteiger partial charge in [-0.25, -0.2) is 4.39 Å². The molecule has 0 aliphatic carbocycles. The number of nitrogens with one attached hydrogen (secondary N) is 2. The maximum Gasteiger partial charge on any atom is 0.237 e. The summed E-state index contributed by atoms with van der Waals surface area (Å²) in [7, 11) is 0. The Morgan fingerprint density at radius 1 is 0.973 bits per heavy atom. The molecular formula is C27H18FN5O2S2. The summed E-state index contributed by atoms with van der Waals surface area (Å²) in [5, 5.41) is 24.0. The molecule has 0 radical (unpaired) electrons. The lowest BCUT2D eigenvalue weighted by Crippen LogP contribution is -2.14. The van der Waals surface area contributed by atoms with E-state index in [1.54, 1.807) is 18.2 Å². The number of hydrogen-bond acceptors (Lipinski definition) is 8. The Balaban J connectivity index is 1.33. The summed E-state index contributed by atoms with van der Waals surface area (Å²) in [6, 6.07) is 27.3. The van der Waals surface area contributed by atoms with Gasteiger partial charge in [0.2, 0.25) is 16.9 Å². The van der Waals surface area contributed by atoms with Crippen LogP contribution in [0.4, 0.5) is 21.1 Å². The number of thioether (sulfide) groups is 1. The summed E-state index contributed by atoms with van der Waals surface area (Å²) in [6.07, 6.45) is 0. The molecule has 0 saturated carbocycles. The highest BCUT2D eigenvalue weighted by molar-refractivity contribution is 8.01. The van der Waals surface area contributed by atoms with E-state index in [1.807, 2.05) is 60.7 Å². The Kier molecular flexibility index (Phi) is 7.26. The molecule has 5 rings (SSSR count). The minimum atomic E-state index is -0.400. The molecule has 2 N–H and O–H groups in total. The highest BCUT2D eigenvalue weighted by atomic mass is 32.2.